The van der Waals surface area contributed by atoms with Crippen molar-refractivity contribution >= 4 is 21.9 Å². The summed E-state index contributed by atoms with van der Waals surface area (Å²) in [5, 5.41) is 8.59. The molecular weight excluding hydrogens is 330 g/mol. The second kappa shape index (κ2) is 7.10. The fraction of sp³-hybridized carbons (Fsp3) is 0.400. The van der Waals surface area contributed by atoms with Crippen LogP contribution < -0.4 is 10.0 Å². The van der Waals surface area contributed by atoms with Crippen molar-refractivity contribution in [2.24, 2.45) is 0 Å². The summed E-state index contributed by atoms with van der Waals surface area (Å²) >= 11 is 0. The van der Waals surface area contributed by atoms with E-state index in [-0.39, 0.29) is 29.7 Å². The van der Waals surface area contributed by atoms with Gasteiger partial charge >= 0.3 is 0 Å². The minimum Gasteiger partial charge on any atom is -0.295 e. The summed E-state index contributed by atoms with van der Waals surface area (Å²) in [5.41, 5.74) is 2.33. The monoisotopic (exact) mass is 349 g/mol. The highest BCUT2D eigenvalue weighted by Crippen LogP contribution is 2.23. The lowest BCUT2D eigenvalue weighted by Gasteiger charge is -2.16. The summed E-state index contributed by atoms with van der Waals surface area (Å²) in [6.07, 6.45) is 5.44. The predicted molar refractivity (Wildman–Crippen MR) is 87.9 cm³/mol. The fourth-order valence-corrected chi connectivity index (χ4v) is 3.80. The Morgan fingerprint density at radius 2 is 2.00 bits per heavy atom. The number of nitrogens with zero attached hydrogens (tertiary/aromatic N) is 2. The van der Waals surface area contributed by atoms with Gasteiger partial charge in [0.25, 0.3) is 0 Å². The number of aryl methyl sites for hydroxylation is 2. The molecule has 1 heterocycles. The zero-order valence-electron chi connectivity index (χ0n) is 13.1. The van der Waals surface area contributed by atoms with E-state index in [1.807, 2.05) is 6.07 Å². The first-order chi connectivity index (χ1) is 11.5. The normalized spacial score (nSPS) is 14.2. The highest BCUT2D eigenvalue weighted by Gasteiger charge is 2.17. The molecule has 0 radical (unpaired) electrons. The number of aromatic nitrogens is 3. The van der Waals surface area contributed by atoms with Gasteiger partial charge < -0.3 is 0 Å². The third kappa shape index (κ3) is 3.98. The number of rotatable bonds is 6. The van der Waals surface area contributed by atoms with Gasteiger partial charge in [-0.3, -0.25) is 10.1 Å². The number of carbonyl (C=O) groups excluding carboxylic acids is 1. The lowest BCUT2D eigenvalue weighted by atomic mass is 9.92. The maximum absolute atomic E-state index is 12.3. The molecule has 1 aromatic carbocycles. The second-order valence-corrected chi connectivity index (χ2v) is 7.43. The Hall–Kier alpha value is -2.26. The van der Waals surface area contributed by atoms with Crippen LogP contribution in [0, 0.1) is 0 Å². The van der Waals surface area contributed by atoms with Gasteiger partial charge in [-0.25, -0.2) is 18.2 Å². The van der Waals surface area contributed by atoms with Gasteiger partial charge in [-0.05, 0) is 48.9 Å². The maximum Gasteiger partial charge on any atom is 0.240 e. The van der Waals surface area contributed by atoms with Crippen molar-refractivity contribution in [1.82, 2.24) is 19.9 Å². The van der Waals surface area contributed by atoms with Crippen LogP contribution in [0.3, 0.4) is 0 Å². The fourth-order valence-electron chi connectivity index (χ4n) is 2.72. The van der Waals surface area contributed by atoms with E-state index in [0.717, 1.165) is 31.2 Å². The number of hydrogen-bond donors (Lipinski definition) is 3. The molecule has 0 fully saturated rings. The van der Waals surface area contributed by atoms with Crippen molar-refractivity contribution in [3.63, 3.8) is 0 Å². The van der Waals surface area contributed by atoms with Crippen LogP contribution >= 0.6 is 0 Å². The molecule has 0 spiro atoms. The molecule has 3 rings (SSSR count). The van der Waals surface area contributed by atoms with Gasteiger partial charge in [0.1, 0.15) is 6.33 Å². The number of nitrogens with one attached hydrogen (secondary N) is 3. The number of carbonyl (C=O) groups is 1. The van der Waals surface area contributed by atoms with E-state index in [1.54, 1.807) is 12.1 Å². The van der Waals surface area contributed by atoms with Gasteiger partial charge in [-0.1, -0.05) is 6.07 Å². The molecule has 0 atom stereocenters. The van der Waals surface area contributed by atoms with Crippen LogP contribution in [0.4, 0.5) is 5.95 Å². The van der Waals surface area contributed by atoms with Gasteiger partial charge in [-0.15, -0.1) is 0 Å². The van der Waals surface area contributed by atoms with Crippen LogP contribution in [0.1, 0.15) is 30.4 Å². The minimum absolute atomic E-state index is 0.00483. The zero-order chi connectivity index (χ0) is 17.0. The number of H-pyrrole nitrogens is 1. The quantitative estimate of drug-likeness (QED) is 0.719. The number of sulfonamides is 1. The maximum atomic E-state index is 12.3. The molecule has 0 aliphatic heterocycles. The van der Waals surface area contributed by atoms with E-state index in [0.29, 0.717) is 0 Å². The van der Waals surface area contributed by atoms with E-state index >= 15 is 0 Å². The summed E-state index contributed by atoms with van der Waals surface area (Å²) in [6, 6.07) is 5.26. The number of anilines is 1. The molecule has 0 saturated heterocycles. The first-order valence-electron chi connectivity index (χ1n) is 7.81. The molecule has 1 aromatic heterocycles. The van der Waals surface area contributed by atoms with E-state index in [2.05, 4.69) is 25.2 Å². The van der Waals surface area contributed by atoms with Crippen LogP contribution in [-0.2, 0) is 27.7 Å². The average molecular weight is 349 g/mol. The SMILES string of the molecule is O=C(CCNS(=O)(=O)c1ccc2c(c1)CCCC2)Nc1ncn[nH]1. The number of amides is 1. The molecule has 24 heavy (non-hydrogen) atoms. The highest BCUT2D eigenvalue weighted by molar-refractivity contribution is 7.89. The van der Waals surface area contributed by atoms with E-state index in [4.69, 9.17) is 0 Å². The molecule has 0 unspecified atom stereocenters. The molecule has 2 aromatic rings. The molecule has 1 aliphatic rings. The first kappa shape index (κ1) is 16.6. The molecule has 1 aliphatic carbocycles. The lowest BCUT2D eigenvalue weighted by molar-refractivity contribution is -0.116. The van der Waals surface area contributed by atoms with Gasteiger partial charge in [0.15, 0.2) is 0 Å². The average Bonchev–Trinajstić information content (AvgIpc) is 3.07. The van der Waals surface area contributed by atoms with Crippen LogP contribution in [-0.4, -0.2) is 36.1 Å². The molecular formula is C15H19N5O3S. The van der Waals surface area contributed by atoms with Gasteiger partial charge in [0, 0.05) is 13.0 Å². The van der Waals surface area contributed by atoms with Crippen LogP contribution in [0.2, 0.25) is 0 Å². The van der Waals surface area contributed by atoms with Gasteiger partial charge in [-0.2, -0.15) is 10.1 Å². The molecule has 9 heteroatoms. The van der Waals surface area contributed by atoms with E-state index < -0.39 is 10.0 Å². The number of hydrogen-bond acceptors (Lipinski definition) is 5. The van der Waals surface area contributed by atoms with Crippen molar-refractivity contribution < 1.29 is 13.2 Å². The third-order valence-electron chi connectivity index (χ3n) is 3.95. The van der Waals surface area contributed by atoms with Gasteiger partial charge in [0.05, 0.1) is 4.90 Å². The Kier molecular flexibility index (Phi) is 4.91. The molecule has 0 saturated carbocycles. The van der Waals surface area contributed by atoms with Crippen molar-refractivity contribution in [1.29, 1.82) is 0 Å². The summed E-state index contributed by atoms with van der Waals surface area (Å²) in [6.45, 7) is 0.0133. The molecule has 1 amide bonds. The van der Waals surface area contributed by atoms with Crippen molar-refractivity contribution in [3.05, 3.63) is 35.7 Å². The summed E-state index contributed by atoms with van der Waals surface area (Å²) < 4.78 is 27.1. The number of benzene rings is 1. The smallest absolute Gasteiger partial charge is 0.240 e. The zero-order valence-corrected chi connectivity index (χ0v) is 13.9. The topological polar surface area (TPSA) is 117 Å². The predicted octanol–water partition coefficient (Wildman–Crippen LogP) is 0.991. The lowest BCUT2D eigenvalue weighted by Crippen LogP contribution is -2.28. The minimum atomic E-state index is -3.62. The Balaban J connectivity index is 1.57. The Bertz CT molecular complexity index is 818. The molecule has 128 valence electrons. The van der Waals surface area contributed by atoms with Gasteiger partial charge in [0.2, 0.25) is 21.9 Å². The Labute approximate surface area is 140 Å². The van der Waals surface area contributed by atoms with E-state index in [1.165, 1.54) is 11.9 Å². The van der Waals surface area contributed by atoms with Crippen molar-refractivity contribution in [3.8, 4) is 0 Å². The summed E-state index contributed by atoms with van der Waals surface area (Å²) in [5.74, 6) is -0.113. The molecule has 3 N–H and O–H groups in total. The summed E-state index contributed by atoms with van der Waals surface area (Å²) in [4.78, 5) is 15.7. The number of fused-ring (bicyclic) bond motifs is 1. The van der Waals surface area contributed by atoms with Crippen LogP contribution in [0.5, 0.6) is 0 Å². The standard InChI is InChI=1S/C15H19N5O3S/c21-14(19-15-16-10-17-20-15)7-8-18-24(22,23)13-6-5-11-3-1-2-4-12(11)9-13/h5-6,9-10,18H,1-4,7-8H2,(H2,16,17,19,20,21). The second-order valence-electron chi connectivity index (χ2n) is 5.67. The Morgan fingerprint density at radius 1 is 1.21 bits per heavy atom. The van der Waals surface area contributed by atoms with E-state index in [9.17, 15) is 13.2 Å². The highest BCUT2D eigenvalue weighted by atomic mass is 32.2. The van der Waals surface area contributed by atoms with Crippen molar-refractivity contribution in [2.45, 2.75) is 37.0 Å². The third-order valence-corrected chi connectivity index (χ3v) is 5.41. The molecule has 0 bridgehead atoms. The number of aromatic amines is 1. The molecule has 8 nitrogen and oxygen atoms in total. The summed E-state index contributed by atoms with van der Waals surface area (Å²) in [7, 11) is -3.62. The first-order valence-corrected chi connectivity index (χ1v) is 9.29. The Morgan fingerprint density at radius 3 is 2.75 bits per heavy atom. The largest absolute Gasteiger partial charge is 0.295 e. The van der Waals surface area contributed by atoms with Crippen LogP contribution in [0.25, 0.3) is 0 Å². The van der Waals surface area contributed by atoms with Crippen LogP contribution in [0.15, 0.2) is 29.4 Å². The van der Waals surface area contributed by atoms with Crippen molar-refractivity contribution in [2.75, 3.05) is 11.9 Å².